The summed E-state index contributed by atoms with van der Waals surface area (Å²) in [7, 11) is 0. The highest BCUT2D eigenvalue weighted by molar-refractivity contribution is 6.31. The summed E-state index contributed by atoms with van der Waals surface area (Å²) in [5.41, 5.74) is 5.68. The fourth-order valence-corrected chi connectivity index (χ4v) is 1.87. The maximum absolute atomic E-state index is 12.2. The lowest BCUT2D eigenvalue weighted by Gasteiger charge is -2.16. The van der Waals surface area contributed by atoms with Crippen molar-refractivity contribution in [2.45, 2.75) is 18.6 Å². The molecule has 0 unspecified atom stereocenters. The monoisotopic (exact) mass is 267 g/mol. The summed E-state index contributed by atoms with van der Waals surface area (Å²) in [5, 5.41) is 0.144. The van der Waals surface area contributed by atoms with Crippen LogP contribution in [-0.4, -0.2) is 13.0 Å². The van der Waals surface area contributed by atoms with Gasteiger partial charge in [0.2, 0.25) is 6.79 Å². The summed E-state index contributed by atoms with van der Waals surface area (Å²) in [6, 6.07) is 1.59. The zero-order chi connectivity index (χ0) is 12.6. The van der Waals surface area contributed by atoms with Crippen molar-refractivity contribution < 1.29 is 22.6 Å². The molecule has 1 heterocycles. The Hall–Kier alpha value is -1.14. The summed E-state index contributed by atoms with van der Waals surface area (Å²) in [5.74, 6) is 0.778. The molecule has 0 aliphatic carbocycles. The minimum atomic E-state index is -4.33. The number of hydrogen-bond donors (Lipinski definition) is 1. The van der Waals surface area contributed by atoms with E-state index in [1.54, 1.807) is 0 Å². The zero-order valence-corrected chi connectivity index (χ0v) is 9.31. The molecule has 0 fully saturated rings. The third-order valence-corrected chi connectivity index (χ3v) is 2.67. The predicted molar refractivity (Wildman–Crippen MR) is 55.2 cm³/mol. The van der Waals surface area contributed by atoms with Gasteiger partial charge < -0.3 is 15.2 Å². The molecule has 3 nitrogen and oxygen atoms in total. The molecule has 17 heavy (non-hydrogen) atoms. The van der Waals surface area contributed by atoms with Crippen LogP contribution < -0.4 is 15.2 Å². The Balaban J connectivity index is 2.26. The largest absolute Gasteiger partial charge is 0.454 e. The minimum absolute atomic E-state index is 0.0314. The van der Waals surface area contributed by atoms with Gasteiger partial charge in [-0.1, -0.05) is 11.6 Å². The highest BCUT2D eigenvalue weighted by Gasteiger charge is 2.32. The number of alkyl halides is 3. The van der Waals surface area contributed by atoms with Crippen LogP contribution in [0.5, 0.6) is 11.5 Å². The number of benzene rings is 1. The van der Waals surface area contributed by atoms with Crippen LogP contribution in [0.3, 0.4) is 0 Å². The number of fused-ring (bicyclic) bond motifs is 1. The van der Waals surface area contributed by atoms with E-state index in [2.05, 4.69) is 0 Å². The number of hydrogen-bond acceptors (Lipinski definition) is 3. The molecule has 0 aromatic heterocycles. The number of rotatable bonds is 2. The van der Waals surface area contributed by atoms with E-state index in [-0.39, 0.29) is 17.4 Å². The molecule has 0 saturated carbocycles. The molecule has 1 aromatic rings. The second-order valence-electron chi connectivity index (χ2n) is 3.65. The van der Waals surface area contributed by atoms with Gasteiger partial charge in [-0.05, 0) is 11.6 Å². The van der Waals surface area contributed by atoms with Crippen molar-refractivity contribution >= 4 is 11.6 Å². The third kappa shape index (κ3) is 2.76. The zero-order valence-electron chi connectivity index (χ0n) is 8.55. The smallest absolute Gasteiger partial charge is 0.390 e. The molecule has 1 aliphatic heterocycles. The maximum atomic E-state index is 12.2. The van der Waals surface area contributed by atoms with E-state index in [0.717, 1.165) is 0 Å². The first kappa shape index (κ1) is 12.3. The molecular weight excluding hydrogens is 259 g/mol. The topological polar surface area (TPSA) is 44.5 Å². The molecular formula is C10H9ClF3NO2. The summed E-state index contributed by atoms with van der Waals surface area (Å²) >= 11 is 5.85. The van der Waals surface area contributed by atoms with E-state index in [0.29, 0.717) is 11.5 Å². The Morgan fingerprint density at radius 3 is 2.47 bits per heavy atom. The SMILES string of the molecule is N[C@@H](CC(F)(F)F)c1cc2c(cc1Cl)OCO2. The highest BCUT2D eigenvalue weighted by atomic mass is 35.5. The fraction of sp³-hybridized carbons (Fsp3) is 0.400. The minimum Gasteiger partial charge on any atom is -0.454 e. The van der Waals surface area contributed by atoms with Crippen molar-refractivity contribution in [1.29, 1.82) is 0 Å². The number of nitrogens with two attached hydrogens (primary N) is 1. The fourth-order valence-electron chi connectivity index (χ4n) is 1.58. The molecule has 0 bridgehead atoms. The highest BCUT2D eigenvalue weighted by Crippen LogP contribution is 2.40. The van der Waals surface area contributed by atoms with Crippen molar-refractivity contribution in [2.75, 3.05) is 6.79 Å². The average Bonchev–Trinajstić information content (AvgIpc) is 2.60. The van der Waals surface area contributed by atoms with Crippen LogP contribution in [0.25, 0.3) is 0 Å². The van der Waals surface area contributed by atoms with Crippen molar-refractivity contribution in [3.63, 3.8) is 0 Å². The van der Waals surface area contributed by atoms with Crippen molar-refractivity contribution in [1.82, 2.24) is 0 Å². The van der Waals surface area contributed by atoms with Crippen LogP contribution in [0.15, 0.2) is 12.1 Å². The van der Waals surface area contributed by atoms with Gasteiger partial charge in [0, 0.05) is 17.1 Å². The van der Waals surface area contributed by atoms with E-state index in [1.165, 1.54) is 12.1 Å². The molecule has 7 heteroatoms. The summed E-state index contributed by atoms with van der Waals surface area (Å²) in [6.07, 6.45) is -5.47. The van der Waals surface area contributed by atoms with Crippen LogP contribution in [0, 0.1) is 0 Å². The lowest BCUT2D eigenvalue weighted by atomic mass is 10.0. The van der Waals surface area contributed by atoms with Crippen LogP contribution in [0.4, 0.5) is 13.2 Å². The van der Waals surface area contributed by atoms with Crippen LogP contribution in [0.2, 0.25) is 5.02 Å². The van der Waals surface area contributed by atoms with Crippen molar-refractivity contribution in [3.8, 4) is 11.5 Å². The Bertz CT molecular complexity index is 436. The van der Waals surface area contributed by atoms with E-state index >= 15 is 0 Å². The lowest BCUT2D eigenvalue weighted by Crippen LogP contribution is -2.20. The Morgan fingerprint density at radius 1 is 1.29 bits per heavy atom. The lowest BCUT2D eigenvalue weighted by molar-refractivity contribution is -0.138. The van der Waals surface area contributed by atoms with Gasteiger partial charge in [-0.25, -0.2) is 0 Å². The van der Waals surface area contributed by atoms with Gasteiger partial charge in [-0.3, -0.25) is 0 Å². The van der Waals surface area contributed by atoms with Crippen LogP contribution in [0.1, 0.15) is 18.0 Å². The molecule has 0 amide bonds. The Labute approximate surface area is 100 Å². The molecule has 2 N–H and O–H groups in total. The number of ether oxygens (including phenoxy) is 2. The van der Waals surface area contributed by atoms with Crippen molar-refractivity contribution in [3.05, 3.63) is 22.7 Å². The molecule has 2 rings (SSSR count). The maximum Gasteiger partial charge on any atom is 0.390 e. The first-order chi connectivity index (χ1) is 7.87. The predicted octanol–water partition coefficient (Wildman–Crippen LogP) is 3.02. The molecule has 1 aromatic carbocycles. The van der Waals surface area contributed by atoms with Gasteiger partial charge in [0.15, 0.2) is 11.5 Å². The van der Waals surface area contributed by atoms with E-state index < -0.39 is 18.6 Å². The first-order valence-electron chi connectivity index (χ1n) is 4.78. The molecule has 0 radical (unpaired) electrons. The molecule has 1 aliphatic rings. The van der Waals surface area contributed by atoms with E-state index in [4.69, 9.17) is 26.8 Å². The second-order valence-corrected chi connectivity index (χ2v) is 4.06. The molecule has 0 spiro atoms. The average molecular weight is 268 g/mol. The Morgan fingerprint density at radius 2 is 1.88 bits per heavy atom. The van der Waals surface area contributed by atoms with Gasteiger partial charge in [0.05, 0.1) is 6.42 Å². The standard InChI is InChI=1S/C10H9ClF3NO2/c11-6-2-9-8(16-4-17-9)1-5(6)7(15)3-10(12,13)14/h1-2,7H,3-4,15H2/t7-/m0/s1. The normalized spacial score (nSPS) is 16.1. The summed E-state index contributed by atoms with van der Waals surface area (Å²) < 4.78 is 46.8. The van der Waals surface area contributed by atoms with Gasteiger partial charge in [-0.2, -0.15) is 13.2 Å². The van der Waals surface area contributed by atoms with E-state index in [9.17, 15) is 13.2 Å². The molecule has 1 atom stereocenters. The van der Waals surface area contributed by atoms with E-state index in [1.807, 2.05) is 0 Å². The van der Waals surface area contributed by atoms with Crippen LogP contribution >= 0.6 is 11.6 Å². The van der Waals surface area contributed by atoms with Gasteiger partial charge in [0.1, 0.15) is 0 Å². The van der Waals surface area contributed by atoms with Gasteiger partial charge in [0.25, 0.3) is 0 Å². The molecule has 0 saturated heterocycles. The summed E-state index contributed by atoms with van der Waals surface area (Å²) in [4.78, 5) is 0. The second kappa shape index (κ2) is 4.27. The van der Waals surface area contributed by atoms with Gasteiger partial charge in [-0.15, -0.1) is 0 Å². The van der Waals surface area contributed by atoms with Gasteiger partial charge >= 0.3 is 6.18 Å². The quantitative estimate of drug-likeness (QED) is 0.896. The summed E-state index contributed by atoms with van der Waals surface area (Å²) in [6.45, 7) is 0.0314. The Kier molecular flexibility index (Phi) is 3.09. The van der Waals surface area contributed by atoms with Crippen molar-refractivity contribution in [2.24, 2.45) is 5.73 Å². The molecule has 94 valence electrons. The third-order valence-electron chi connectivity index (χ3n) is 2.34. The van der Waals surface area contributed by atoms with Crippen LogP contribution in [-0.2, 0) is 0 Å². The first-order valence-corrected chi connectivity index (χ1v) is 5.16. The number of halogens is 4.